The lowest BCUT2D eigenvalue weighted by molar-refractivity contribution is -0.129. The summed E-state index contributed by atoms with van der Waals surface area (Å²) in [6, 6.07) is 11.3. The molecule has 7 nitrogen and oxygen atoms in total. The number of likely N-dealkylation sites (tertiary alicyclic amines) is 1. The molecule has 1 saturated heterocycles. The number of amides is 2. The van der Waals surface area contributed by atoms with Crippen LogP contribution in [0.25, 0.3) is 0 Å². The van der Waals surface area contributed by atoms with Gasteiger partial charge in [-0.3, -0.25) is 14.6 Å². The maximum Gasteiger partial charge on any atom is 0.225 e. The molecule has 7 heteroatoms. The molecule has 1 aromatic heterocycles. The summed E-state index contributed by atoms with van der Waals surface area (Å²) in [5.74, 6) is 0.926. The number of hydrogen-bond acceptors (Lipinski definition) is 5. The fourth-order valence-corrected chi connectivity index (χ4v) is 3.30. The first-order chi connectivity index (χ1) is 13.6. The highest BCUT2D eigenvalue weighted by molar-refractivity contribution is 5.89. The van der Waals surface area contributed by atoms with Crippen LogP contribution in [0.2, 0.25) is 0 Å². The Balaban J connectivity index is 1.48. The fourth-order valence-electron chi connectivity index (χ4n) is 3.30. The van der Waals surface area contributed by atoms with Gasteiger partial charge in [0.05, 0.1) is 32.4 Å². The van der Waals surface area contributed by atoms with Crippen molar-refractivity contribution in [2.45, 2.75) is 19.4 Å². The molecule has 1 aromatic carbocycles. The molecule has 0 bridgehead atoms. The zero-order valence-electron chi connectivity index (χ0n) is 16.2. The SMILES string of the molecule is COc1ccc(CCNC(=O)C2CC(=O)N(Cc3ccccn3)C2)cc1OC. The van der Waals surface area contributed by atoms with Crippen LogP contribution in [0.5, 0.6) is 11.5 Å². The van der Waals surface area contributed by atoms with Crippen molar-refractivity contribution in [1.82, 2.24) is 15.2 Å². The van der Waals surface area contributed by atoms with Gasteiger partial charge in [0.25, 0.3) is 0 Å². The van der Waals surface area contributed by atoms with Crippen molar-refractivity contribution < 1.29 is 19.1 Å². The number of carbonyl (C=O) groups is 2. The van der Waals surface area contributed by atoms with Crippen molar-refractivity contribution in [3.63, 3.8) is 0 Å². The van der Waals surface area contributed by atoms with Gasteiger partial charge < -0.3 is 19.7 Å². The highest BCUT2D eigenvalue weighted by Crippen LogP contribution is 2.27. The van der Waals surface area contributed by atoms with Gasteiger partial charge in [-0.15, -0.1) is 0 Å². The quantitative estimate of drug-likeness (QED) is 0.752. The molecule has 148 valence electrons. The number of carbonyl (C=O) groups excluding carboxylic acids is 2. The summed E-state index contributed by atoms with van der Waals surface area (Å²) in [4.78, 5) is 30.6. The minimum absolute atomic E-state index is 0.00862. The Morgan fingerprint density at radius 1 is 1.21 bits per heavy atom. The van der Waals surface area contributed by atoms with Crippen molar-refractivity contribution in [2.75, 3.05) is 27.3 Å². The van der Waals surface area contributed by atoms with Gasteiger partial charge in [-0.05, 0) is 36.2 Å². The zero-order valence-corrected chi connectivity index (χ0v) is 16.2. The van der Waals surface area contributed by atoms with Gasteiger partial charge in [0.15, 0.2) is 11.5 Å². The first-order valence-corrected chi connectivity index (χ1v) is 9.27. The monoisotopic (exact) mass is 383 g/mol. The molecule has 1 fully saturated rings. The minimum atomic E-state index is -0.318. The van der Waals surface area contributed by atoms with Crippen molar-refractivity contribution >= 4 is 11.8 Å². The molecular weight excluding hydrogens is 358 g/mol. The van der Waals surface area contributed by atoms with Gasteiger partial charge in [-0.25, -0.2) is 0 Å². The van der Waals surface area contributed by atoms with Crippen LogP contribution in [0.1, 0.15) is 17.7 Å². The first kappa shape index (κ1) is 19.7. The van der Waals surface area contributed by atoms with Crippen LogP contribution in [0.3, 0.4) is 0 Å². The van der Waals surface area contributed by atoms with Crippen LogP contribution in [0.4, 0.5) is 0 Å². The molecule has 2 amide bonds. The van der Waals surface area contributed by atoms with E-state index in [1.54, 1.807) is 25.3 Å². The predicted octanol–water partition coefficient (Wildman–Crippen LogP) is 1.81. The van der Waals surface area contributed by atoms with E-state index in [1.165, 1.54) is 0 Å². The number of nitrogens with zero attached hydrogens (tertiary/aromatic N) is 2. The van der Waals surface area contributed by atoms with E-state index < -0.39 is 0 Å². The number of methoxy groups -OCH3 is 2. The molecule has 1 unspecified atom stereocenters. The van der Waals surface area contributed by atoms with E-state index in [4.69, 9.17) is 9.47 Å². The summed E-state index contributed by atoms with van der Waals surface area (Å²) in [7, 11) is 3.19. The highest BCUT2D eigenvalue weighted by Gasteiger charge is 2.34. The summed E-state index contributed by atoms with van der Waals surface area (Å²) < 4.78 is 10.5. The third kappa shape index (κ3) is 4.79. The summed E-state index contributed by atoms with van der Waals surface area (Å²) >= 11 is 0. The number of hydrogen-bond donors (Lipinski definition) is 1. The Bertz CT molecular complexity index is 826. The van der Waals surface area contributed by atoms with Gasteiger partial charge in [-0.1, -0.05) is 12.1 Å². The number of aromatic nitrogens is 1. The Morgan fingerprint density at radius 2 is 2.04 bits per heavy atom. The molecule has 0 radical (unpaired) electrons. The highest BCUT2D eigenvalue weighted by atomic mass is 16.5. The van der Waals surface area contributed by atoms with E-state index in [-0.39, 0.29) is 24.2 Å². The van der Waals surface area contributed by atoms with E-state index in [9.17, 15) is 9.59 Å². The lowest BCUT2D eigenvalue weighted by atomic mass is 10.1. The van der Waals surface area contributed by atoms with Crippen LogP contribution in [0.15, 0.2) is 42.6 Å². The molecule has 1 aliphatic heterocycles. The maximum atomic E-state index is 12.5. The van der Waals surface area contributed by atoms with E-state index in [0.29, 0.717) is 37.6 Å². The minimum Gasteiger partial charge on any atom is -0.493 e. The Hall–Kier alpha value is -3.09. The largest absolute Gasteiger partial charge is 0.493 e. The molecule has 0 aliphatic carbocycles. The third-order valence-electron chi connectivity index (χ3n) is 4.83. The average Bonchev–Trinajstić information content (AvgIpc) is 3.09. The van der Waals surface area contributed by atoms with Crippen molar-refractivity contribution in [1.29, 1.82) is 0 Å². The molecule has 1 N–H and O–H groups in total. The second kappa shape index (κ2) is 9.21. The molecule has 0 spiro atoms. The van der Waals surface area contributed by atoms with Crippen LogP contribution >= 0.6 is 0 Å². The Morgan fingerprint density at radius 3 is 2.75 bits per heavy atom. The van der Waals surface area contributed by atoms with Gasteiger partial charge in [0.2, 0.25) is 11.8 Å². The van der Waals surface area contributed by atoms with Gasteiger partial charge >= 0.3 is 0 Å². The van der Waals surface area contributed by atoms with Crippen LogP contribution < -0.4 is 14.8 Å². The molecular formula is C21H25N3O4. The molecule has 2 heterocycles. The number of benzene rings is 1. The summed E-state index contributed by atoms with van der Waals surface area (Å²) in [5.41, 5.74) is 1.86. The first-order valence-electron chi connectivity index (χ1n) is 9.27. The molecule has 0 saturated carbocycles. The van der Waals surface area contributed by atoms with Crippen LogP contribution in [0, 0.1) is 5.92 Å². The summed E-state index contributed by atoms with van der Waals surface area (Å²) in [5, 5.41) is 2.94. The Kier molecular flexibility index (Phi) is 6.47. The molecule has 1 atom stereocenters. The normalized spacial score (nSPS) is 16.1. The van der Waals surface area contributed by atoms with Crippen molar-refractivity contribution in [2.24, 2.45) is 5.92 Å². The standard InChI is InChI=1S/C21H25N3O4/c1-27-18-7-6-15(11-19(18)28-2)8-10-23-21(26)16-12-20(25)24(13-16)14-17-5-3-4-9-22-17/h3-7,9,11,16H,8,10,12-14H2,1-2H3,(H,23,26). The Labute approximate surface area is 164 Å². The van der Waals surface area contributed by atoms with Crippen molar-refractivity contribution in [3.8, 4) is 11.5 Å². The molecule has 3 rings (SSSR count). The van der Waals surface area contributed by atoms with Gasteiger partial charge in [-0.2, -0.15) is 0 Å². The lowest BCUT2D eigenvalue weighted by Gasteiger charge is -2.16. The lowest BCUT2D eigenvalue weighted by Crippen LogP contribution is -2.34. The van der Waals surface area contributed by atoms with Gasteiger partial charge in [0.1, 0.15) is 0 Å². The zero-order chi connectivity index (χ0) is 19.9. The van der Waals surface area contributed by atoms with E-state index in [1.807, 2.05) is 36.4 Å². The van der Waals surface area contributed by atoms with E-state index in [2.05, 4.69) is 10.3 Å². The topological polar surface area (TPSA) is 80.8 Å². The predicted molar refractivity (Wildman–Crippen MR) is 104 cm³/mol. The summed E-state index contributed by atoms with van der Waals surface area (Å²) in [6.07, 6.45) is 2.62. The van der Waals surface area contributed by atoms with Crippen LogP contribution in [-0.4, -0.2) is 49.0 Å². The van der Waals surface area contributed by atoms with Crippen LogP contribution in [-0.2, 0) is 22.6 Å². The fraction of sp³-hybridized carbons (Fsp3) is 0.381. The summed E-state index contributed by atoms with van der Waals surface area (Å²) in [6.45, 7) is 1.37. The van der Waals surface area contributed by atoms with Crippen molar-refractivity contribution in [3.05, 3.63) is 53.9 Å². The molecule has 28 heavy (non-hydrogen) atoms. The second-order valence-corrected chi connectivity index (χ2v) is 6.73. The smallest absolute Gasteiger partial charge is 0.225 e. The van der Waals surface area contributed by atoms with Gasteiger partial charge in [0, 0.05) is 25.7 Å². The third-order valence-corrected chi connectivity index (χ3v) is 4.83. The molecule has 1 aliphatic rings. The number of ether oxygens (including phenoxy) is 2. The van der Waals surface area contributed by atoms with E-state index >= 15 is 0 Å². The maximum absolute atomic E-state index is 12.5. The number of rotatable bonds is 8. The second-order valence-electron chi connectivity index (χ2n) is 6.73. The van der Waals surface area contributed by atoms with E-state index in [0.717, 1.165) is 11.3 Å². The number of pyridine rings is 1. The average molecular weight is 383 g/mol. The molecule has 2 aromatic rings. The number of nitrogens with one attached hydrogen (secondary N) is 1.